The van der Waals surface area contributed by atoms with Gasteiger partial charge >= 0.3 is 5.97 Å². The van der Waals surface area contributed by atoms with Crippen LogP contribution in [-0.2, 0) is 9.53 Å². The largest absolute Gasteiger partial charge is 0.493 e. The van der Waals surface area contributed by atoms with Crippen LogP contribution in [0.15, 0.2) is 91.0 Å². The predicted molar refractivity (Wildman–Crippen MR) is 199 cm³/mol. The van der Waals surface area contributed by atoms with Crippen LogP contribution in [0.5, 0.6) is 28.7 Å². The lowest BCUT2D eigenvalue weighted by Crippen LogP contribution is -2.43. The summed E-state index contributed by atoms with van der Waals surface area (Å²) < 4.78 is 35.9. The van der Waals surface area contributed by atoms with E-state index in [4.69, 9.17) is 38.5 Å². The fraction of sp³-hybridized carbons (Fsp3) is 0.220. The molecule has 56 heavy (non-hydrogen) atoms. The molecule has 4 heterocycles. The fourth-order valence-corrected chi connectivity index (χ4v) is 8.04. The van der Waals surface area contributed by atoms with Crippen molar-refractivity contribution in [2.24, 2.45) is 11.8 Å². The average molecular weight is 756 g/mol. The molecule has 1 N–H and O–H groups in total. The van der Waals surface area contributed by atoms with Gasteiger partial charge in [0.25, 0.3) is 11.6 Å². The number of fused-ring (bicyclic) bond motifs is 4. The molecule has 0 saturated carbocycles. The summed E-state index contributed by atoms with van der Waals surface area (Å²) in [5.41, 5.74) is 5.08. The van der Waals surface area contributed by atoms with Crippen LogP contribution in [0.3, 0.4) is 0 Å². The first-order valence-corrected chi connectivity index (χ1v) is 17.7. The van der Waals surface area contributed by atoms with Gasteiger partial charge in [0, 0.05) is 41.2 Å². The Morgan fingerprint density at radius 1 is 0.857 bits per heavy atom. The highest BCUT2D eigenvalue weighted by atomic mass is 16.7. The number of hydrogen-bond donors (Lipinski definition) is 1. The monoisotopic (exact) mass is 755 g/mol. The topological polar surface area (TPSA) is 175 Å². The molecule has 1 fully saturated rings. The van der Waals surface area contributed by atoms with E-state index in [2.05, 4.69) is 5.32 Å². The minimum Gasteiger partial charge on any atom is -0.493 e. The van der Waals surface area contributed by atoms with E-state index in [1.54, 1.807) is 28.8 Å². The SMILES string of the molecule is COc1cc([C@@H]2c3cc4c(cc3[C@@H](NC(=O)c3cc(-c5ccc([N+](=O)[O-])cc5)n5nc(-c6ccccc6)cc5n3)[C@H]3COC(=O)[C@H]23)OCO4)cc(OC)c1OC. The quantitative estimate of drug-likeness (QED) is 0.102. The number of rotatable bonds is 9. The van der Waals surface area contributed by atoms with Gasteiger partial charge in [-0.05, 0) is 59.2 Å². The number of ether oxygens (including phenoxy) is 6. The van der Waals surface area contributed by atoms with Crippen molar-refractivity contribution in [3.05, 3.63) is 123 Å². The number of aromatic nitrogens is 3. The number of non-ortho nitro benzene ring substituents is 1. The van der Waals surface area contributed by atoms with E-state index in [0.717, 1.165) is 11.1 Å². The minimum absolute atomic E-state index is 0.0185. The van der Waals surface area contributed by atoms with Crippen molar-refractivity contribution in [1.82, 2.24) is 19.9 Å². The summed E-state index contributed by atoms with van der Waals surface area (Å²) in [6.45, 7) is 0.0670. The number of nitro groups is 1. The van der Waals surface area contributed by atoms with Crippen LogP contribution in [0.25, 0.3) is 28.2 Å². The Morgan fingerprint density at radius 3 is 2.21 bits per heavy atom. The zero-order valence-electron chi connectivity index (χ0n) is 30.3. The molecule has 0 bridgehead atoms. The first-order valence-electron chi connectivity index (χ1n) is 17.7. The number of methoxy groups -OCH3 is 3. The summed E-state index contributed by atoms with van der Waals surface area (Å²) in [4.78, 5) is 44.0. The normalized spacial score (nSPS) is 19.2. The lowest BCUT2D eigenvalue weighted by Gasteiger charge is -2.39. The Bertz CT molecular complexity index is 2530. The number of esters is 1. The van der Waals surface area contributed by atoms with Crippen LogP contribution in [0.4, 0.5) is 5.69 Å². The number of nitrogens with zero attached hydrogens (tertiary/aromatic N) is 4. The summed E-state index contributed by atoms with van der Waals surface area (Å²) in [6.07, 6.45) is 0. The number of cyclic esters (lactones) is 1. The molecule has 3 aliphatic rings. The molecule has 15 nitrogen and oxygen atoms in total. The maximum atomic E-state index is 14.5. The van der Waals surface area contributed by atoms with Crippen molar-refractivity contribution < 1.29 is 42.9 Å². The lowest BCUT2D eigenvalue weighted by atomic mass is 9.65. The van der Waals surface area contributed by atoms with Crippen molar-refractivity contribution in [2.45, 2.75) is 12.0 Å². The van der Waals surface area contributed by atoms with Crippen LogP contribution in [0.2, 0.25) is 0 Å². The average Bonchev–Trinajstić information content (AvgIpc) is 3.98. The fourth-order valence-electron chi connectivity index (χ4n) is 8.04. The van der Waals surface area contributed by atoms with Gasteiger partial charge in [-0.25, -0.2) is 9.50 Å². The van der Waals surface area contributed by atoms with Crippen LogP contribution in [0, 0.1) is 22.0 Å². The maximum Gasteiger partial charge on any atom is 0.310 e. The first kappa shape index (κ1) is 34.6. The van der Waals surface area contributed by atoms with Gasteiger partial charge < -0.3 is 33.7 Å². The standard InChI is InChI=1S/C41H33N5O10/c1-51-33-13-23(14-34(52-2)39(33)53-3)36-25-15-31-32(56-20-55-31)16-26(25)38(27-19-54-41(48)37(27)36)43-40(47)29-17-30(22-9-11-24(12-10-22)46(49)50)45-35(42-29)18-28(44-45)21-7-5-4-6-8-21/h4-18,27,36-38H,19-20H2,1-3H3,(H,43,47)/t27-,36+,37-,38+/m0/s1. The number of nitrogens with one attached hydrogen (secondary N) is 1. The molecule has 0 unspecified atom stereocenters. The van der Waals surface area contributed by atoms with E-state index < -0.39 is 40.6 Å². The smallest absolute Gasteiger partial charge is 0.310 e. The summed E-state index contributed by atoms with van der Waals surface area (Å²) in [5.74, 6) is -0.443. The third-order valence-corrected chi connectivity index (χ3v) is 10.6. The van der Waals surface area contributed by atoms with E-state index in [1.807, 2.05) is 54.6 Å². The van der Waals surface area contributed by atoms with Crippen molar-refractivity contribution in [2.75, 3.05) is 34.7 Å². The second kappa shape index (κ2) is 13.6. The molecule has 6 aromatic rings. The predicted octanol–water partition coefficient (Wildman–Crippen LogP) is 6.13. The highest BCUT2D eigenvalue weighted by Gasteiger charge is 2.53. The highest BCUT2D eigenvalue weighted by Crippen LogP contribution is 2.55. The van der Waals surface area contributed by atoms with E-state index in [1.165, 1.54) is 33.5 Å². The minimum atomic E-state index is -0.717. The Labute approximate surface area is 318 Å². The Balaban J connectivity index is 1.16. The van der Waals surface area contributed by atoms with Crippen LogP contribution >= 0.6 is 0 Å². The zero-order chi connectivity index (χ0) is 38.7. The van der Waals surface area contributed by atoms with Crippen LogP contribution in [-0.4, -0.2) is 66.1 Å². The third kappa shape index (κ3) is 5.66. The number of hydrogen-bond acceptors (Lipinski definition) is 12. The molecule has 4 aromatic carbocycles. The number of carbonyl (C=O) groups is 2. The second-order valence-electron chi connectivity index (χ2n) is 13.5. The van der Waals surface area contributed by atoms with Gasteiger partial charge in [-0.1, -0.05) is 30.3 Å². The summed E-state index contributed by atoms with van der Waals surface area (Å²) >= 11 is 0. The van der Waals surface area contributed by atoms with E-state index in [0.29, 0.717) is 62.5 Å². The second-order valence-corrected chi connectivity index (χ2v) is 13.5. The number of amides is 1. The molecule has 282 valence electrons. The summed E-state index contributed by atoms with van der Waals surface area (Å²) in [6, 6.07) is 25.5. The van der Waals surface area contributed by atoms with Gasteiger partial charge in [-0.15, -0.1) is 0 Å². The van der Waals surface area contributed by atoms with Gasteiger partial charge in [0.05, 0.1) is 56.2 Å². The molecular formula is C41H33N5O10. The lowest BCUT2D eigenvalue weighted by molar-refractivity contribution is -0.384. The van der Waals surface area contributed by atoms with E-state index in [9.17, 15) is 19.7 Å². The maximum absolute atomic E-state index is 14.5. The van der Waals surface area contributed by atoms with Crippen molar-refractivity contribution in [1.29, 1.82) is 0 Å². The number of carbonyl (C=O) groups excluding carboxylic acids is 2. The molecule has 1 saturated heterocycles. The van der Waals surface area contributed by atoms with Crippen molar-refractivity contribution >= 4 is 23.2 Å². The summed E-state index contributed by atoms with van der Waals surface area (Å²) in [5, 5.41) is 19.5. The van der Waals surface area contributed by atoms with Crippen molar-refractivity contribution in [3.8, 4) is 51.3 Å². The van der Waals surface area contributed by atoms with Gasteiger partial charge in [0.1, 0.15) is 5.69 Å². The first-order chi connectivity index (χ1) is 27.3. The molecule has 4 atom stereocenters. The molecule has 1 aliphatic carbocycles. The summed E-state index contributed by atoms with van der Waals surface area (Å²) in [7, 11) is 4.57. The van der Waals surface area contributed by atoms with E-state index >= 15 is 0 Å². The number of benzene rings is 4. The van der Waals surface area contributed by atoms with Crippen molar-refractivity contribution in [3.63, 3.8) is 0 Å². The molecule has 2 aromatic heterocycles. The van der Waals surface area contributed by atoms with Crippen LogP contribution in [0.1, 0.15) is 39.1 Å². The Morgan fingerprint density at radius 2 is 1.55 bits per heavy atom. The molecule has 0 radical (unpaired) electrons. The Kier molecular flexibility index (Phi) is 8.40. The third-order valence-electron chi connectivity index (χ3n) is 10.6. The van der Waals surface area contributed by atoms with E-state index in [-0.39, 0.29) is 24.8 Å². The number of nitro benzene ring substituents is 1. The van der Waals surface area contributed by atoms with Crippen LogP contribution < -0.4 is 29.0 Å². The highest BCUT2D eigenvalue weighted by molar-refractivity contribution is 5.95. The molecule has 9 rings (SSSR count). The molecule has 1 amide bonds. The van der Waals surface area contributed by atoms with Gasteiger partial charge in [0.2, 0.25) is 12.5 Å². The van der Waals surface area contributed by atoms with Gasteiger partial charge in [-0.2, -0.15) is 5.10 Å². The molecule has 15 heteroatoms. The molecular weight excluding hydrogens is 722 g/mol. The molecule has 2 aliphatic heterocycles. The Hall–Kier alpha value is -7.16. The van der Waals surface area contributed by atoms with Gasteiger partial charge in [0.15, 0.2) is 28.6 Å². The zero-order valence-corrected chi connectivity index (χ0v) is 30.3. The molecule has 0 spiro atoms. The van der Waals surface area contributed by atoms with Gasteiger partial charge in [-0.3, -0.25) is 19.7 Å².